The van der Waals surface area contributed by atoms with E-state index in [1.54, 1.807) is 14.2 Å². The van der Waals surface area contributed by atoms with Crippen LogP contribution in [0.25, 0.3) is 0 Å². The predicted octanol–water partition coefficient (Wildman–Crippen LogP) is 2.93. The van der Waals surface area contributed by atoms with E-state index in [1.807, 2.05) is 25.1 Å². The van der Waals surface area contributed by atoms with E-state index in [1.165, 1.54) is 0 Å². The number of benzene rings is 1. The zero-order chi connectivity index (χ0) is 13.4. The van der Waals surface area contributed by atoms with Crippen molar-refractivity contribution in [3.8, 4) is 11.5 Å². The van der Waals surface area contributed by atoms with Crippen LogP contribution >= 0.6 is 0 Å². The number of methoxy groups -OCH3 is 2. The van der Waals surface area contributed by atoms with E-state index in [9.17, 15) is 0 Å². The zero-order valence-electron chi connectivity index (χ0n) is 11.7. The molecule has 18 heavy (non-hydrogen) atoms. The van der Waals surface area contributed by atoms with Gasteiger partial charge in [0, 0.05) is 31.5 Å². The quantitative estimate of drug-likeness (QED) is 0.773. The SMILES string of the molecule is CCOc1ccc(NC(C)CCOC)cc1OC. The maximum Gasteiger partial charge on any atom is 0.162 e. The van der Waals surface area contributed by atoms with Crippen LogP contribution in [0.15, 0.2) is 18.2 Å². The van der Waals surface area contributed by atoms with E-state index >= 15 is 0 Å². The molecule has 4 nitrogen and oxygen atoms in total. The van der Waals surface area contributed by atoms with E-state index < -0.39 is 0 Å². The third-order valence-corrected chi connectivity index (χ3v) is 2.63. The molecule has 0 aliphatic rings. The maximum absolute atomic E-state index is 5.48. The molecule has 1 atom stereocenters. The summed E-state index contributed by atoms with van der Waals surface area (Å²) in [5, 5.41) is 3.41. The third kappa shape index (κ3) is 4.45. The van der Waals surface area contributed by atoms with Crippen molar-refractivity contribution in [2.45, 2.75) is 26.3 Å². The molecule has 1 rings (SSSR count). The van der Waals surface area contributed by atoms with Crippen molar-refractivity contribution in [2.75, 3.05) is 32.8 Å². The number of hydrogen-bond donors (Lipinski definition) is 1. The summed E-state index contributed by atoms with van der Waals surface area (Å²) in [5.41, 5.74) is 1.03. The van der Waals surface area contributed by atoms with Crippen molar-refractivity contribution < 1.29 is 14.2 Å². The van der Waals surface area contributed by atoms with Gasteiger partial charge in [-0.2, -0.15) is 0 Å². The summed E-state index contributed by atoms with van der Waals surface area (Å²) in [7, 11) is 3.36. The lowest BCUT2D eigenvalue weighted by molar-refractivity contribution is 0.191. The van der Waals surface area contributed by atoms with Crippen LogP contribution in [-0.4, -0.2) is 33.5 Å². The molecule has 4 heteroatoms. The number of nitrogens with one attached hydrogen (secondary N) is 1. The molecule has 0 spiro atoms. The molecule has 0 heterocycles. The van der Waals surface area contributed by atoms with Crippen LogP contribution in [-0.2, 0) is 4.74 Å². The van der Waals surface area contributed by atoms with E-state index in [2.05, 4.69) is 12.2 Å². The fourth-order valence-electron chi connectivity index (χ4n) is 1.68. The second kappa shape index (κ2) is 7.82. The second-order valence-corrected chi connectivity index (χ2v) is 4.13. The van der Waals surface area contributed by atoms with Gasteiger partial charge in [-0.25, -0.2) is 0 Å². The molecule has 0 amide bonds. The Morgan fingerprint density at radius 3 is 2.61 bits per heavy atom. The van der Waals surface area contributed by atoms with E-state index in [0.717, 1.165) is 30.2 Å². The summed E-state index contributed by atoms with van der Waals surface area (Å²) in [4.78, 5) is 0. The number of ether oxygens (including phenoxy) is 3. The normalized spacial score (nSPS) is 12.0. The number of rotatable bonds is 8. The Labute approximate surface area is 109 Å². The average Bonchev–Trinajstić information content (AvgIpc) is 2.38. The van der Waals surface area contributed by atoms with Crippen molar-refractivity contribution in [1.82, 2.24) is 0 Å². The first-order valence-electron chi connectivity index (χ1n) is 6.27. The lowest BCUT2D eigenvalue weighted by Gasteiger charge is -2.16. The van der Waals surface area contributed by atoms with Crippen molar-refractivity contribution in [3.05, 3.63) is 18.2 Å². The first-order valence-corrected chi connectivity index (χ1v) is 6.27. The van der Waals surface area contributed by atoms with Crippen molar-refractivity contribution in [1.29, 1.82) is 0 Å². The van der Waals surface area contributed by atoms with Gasteiger partial charge in [-0.1, -0.05) is 0 Å². The minimum atomic E-state index is 0.354. The van der Waals surface area contributed by atoms with Gasteiger partial charge < -0.3 is 19.5 Å². The Morgan fingerprint density at radius 2 is 2.00 bits per heavy atom. The average molecular weight is 253 g/mol. The van der Waals surface area contributed by atoms with Crippen molar-refractivity contribution in [2.24, 2.45) is 0 Å². The summed E-state index contributed by atoms with van der Waals surface area (Å²) in [6.45, 7) is 5.47. The Balaban J connectivity index is 2.66. The fourth-order valence-corrected chi connectivity index (χ4v) is 1.68. The van der Waals surface area contributed by atoms with Gasteiger partial charge in [0.2, 0.25) is 0 Å². The van der Waals surface area contributed by atoms with E-state index in [4.69, 9.17) is 14.2 Å². The van der Waals surface area contributed by atoms with E-state index in [-0.39, 0.29) is 0 Å². The van der Waals surface area contributed by atoms with Crippen LogP contribution in [0.4, 0.5) is 5.69 Å². The van der Waals surface area contributed by atoms with Gasteiger partial charge in [0.05, 0.1) is 13.7 Å². The topological polar surface area (TPSA) is 39.7 Å². The highest BCUT2D eigenvalue weighted by Crippen LogP contribution is 2.30. The summed E-state index contributed by atoms with van der Waals surface area (Å²) in [6, 6.07) is 6.23. The number of anilines is 1. The summed E-state index contributed by atoms with van der Waals surface area (Å²) < 4.78 is 15.9. The van der Waals surface area contributed by atoms with Gasteiger partial charge in [0.15, 0.2) is 11.5 Å². The summed E-state index contributed by atoms with van der Waals surface area (Å²) in [5.74, 6) is 1.52. The fraction of sp³-hybridized carbons (Fsp3) is 0.571. The van der Waals surface area contributed by atoms with Gasteiger partial charge in [-0.15, -0.1) is 0 Å². The lowest BCUT2D eigenvalue weighted by Crippen LogP contribution is -2.17. The van der Waals surface area contributed by atoms with Gasteiger partial charge in [0.1, 0.15) is 0 Å². The molecule has 102 valence electrons. The highest BCUT2D eigenvalue weighted by molar-refractivity contribution is 5.55. The zero-order valence-corrected chi connectivity index (χ0v) is 11.7. The Hall–Kier alpha value is -1.42. The smallest absolute Gasteiger partial charge is 0.162 e. The second-order valence-electron chi connectivity index (χ2n) is 4.13. The molecule has 1 aromatic rings. The Kier molecular flexibility index (Phi) is 6.36. The minimum absolute atomic E-state index is 0.354. The van der Waals surface area contributed by atoms with E-state index in [0.29, 0.717) is 12.6 Å². The predicted molar refractivity (Wildman–Crippen MR) is 73.7 cm³/mol. The van der Waals surface area contributed by atoms with Crippen LogP contribution in [0.5, 0.6) is 11.5 Å². The first-order chi connectivity index (χ1) is 8.71. The van der Waals surface area contributed by atoms with Gasteiger partial charge >= 0.3 is 0 Å². The molecular formula is C14H23NO3. The molecule has 0 saturated heterocycles. The van der Waals surface area contributed by atoms with Crippen LogP contribution < -0.4 is 14.8 Å². The van der Waals surface area contributed by atoms with Crippen LogP contribution in [0, 0.1) is 0 Å². The molecule has 1 unspecified atom stereocenters. The molecular weight excluding hydrogens is 230 g/mol. The van der Waals surface area contributed by atoms with Crippen LogP contribution in [0.2, 0.25) is 0 Å². The molecule has 0 fully saturated rings. The Morgan fingerprint density at radius 1 is 1.22 bits per heavy atom. The van der Waals surface area contributed by atoms with Crippen molar-refractivity contribution >= 4 is 5.69 Å². The molecule has 0 bridgehead atoms. The molecule has 0 aliphatic heterocycles. The molecule has 0 aliphatic carbocycles. The molecule has 1 aromatic carbocycles. The highest BCUT2D eigenvalue weighted by atomic mass is 16.5. The highest BCUT2D eigenvalue weighted by Gasteiger charge is 2.07. The van der Waals surface area contributed by atoms with Crippen molar-refractivity contribution in [3.63, 3.8) is 0 Å². The van der Waals surface area contributed by atoms with Crippen LogP contribution in [0.1, 0.15) is 20.3 Å². The van der Waals surface area contributed by atoms with Gasteiger partial charge in [0.25, 0.3) is 0 Å². The Bertz CT molecular complexity index is 355. The molecule has 0 radical (unpaired) electrons. The van der Waals surface area contributed by atoms with Gasteiger partial charge in [-0.3, -0.25) is 0 Å². The first kappa shape index (κ1) is 14.6. The number of hydrogen-bond acceptors (Lipinski definition) is 4. The summed E-state index contributed by atoms with van der Waals surface area (Å²) in [6.07, 6.45) is 0.964. The summed E-state index contributed by atoms with van der Waals surface area (Å²) >= 11 is 0. The standard InChI is InChI=1S/C14H23NO3/c1-5-18-13-7-6-12(10-14(13)17-4)15-11(2)8-9-16-3/h6-7,10-11,15H,5,8-9H2,1-4H3. The third-order valence-electron chi connectivity index (χ3n) is 2.63. The monoisotopic (exact) mass is 253 g/mol. The lowest BCUT2D eigenvalue weighted by atomic mass is 10.2. The largest absolute Gasteiger partial charge is 0.493 e. The minimum Gasteiger partial charge on any atom is -0.493 e. The molecule has 1 N–H and O–H groups in total. The maximum atomic E-state index is 5.48. The molecule has 0 saturated carbocycles. The van der Waals surface area contributed by atoms with Gasteiger partial charge in [-0.05, 0) is 32.4 Å². The van der Waals surface area contributed by atoms with Crippen LogP contribution in [0.3, 0.4) is 0 Å². The molecule has 0 aromatic heterocycles.